The van der Waals surface area contributed by atoms with Gasteiger partial charge in [-0.25, -0.2) is 4.79 Å². The fourth-order valence-electron chi connectivity index (χ4n) is 1.01. The van der Waals surface area contributed by atoms with Gasteiger partial charge in [0.1, 0.15) is 5.54 Å². The number of hydrogen-bond donors (Lipinski definition) is 2. The minimum absolute atomic E-state index is 0.0248. The van der Waals surface area contributed by atoms with Crippen molar-refractivity contribution >= 4 is 29.5 Å². The van der Waals surface area contributed by atoms with E-state index in [1.165, 1.54) is 7.11 Å². The van der Waals surface area contributed by atoms with Crippen LogP contribution in [-0.4, -0.2) is 33.6 Å². The molecular weight excluding hydrogens is 234 g/mol. The molecule has 0 aliphatic carbocycles. The van der Waals surface area contributed by atoms with Gasteiger partial charge in [0.25, 0.3) is 0 Å². The number of ether oxygens (including phenoxy) is 1. The number of methoxy groups -OCH3 is 1. The van der Waals surface area contributed by atoms with Crippen molar-refractivity contribution in [1.29, 1.82) is 0 Å². The average Bonchev–Trinajstić information content (AvgIpc) is 2.13. The van der Waals surface area contributed by atoms with Crippen LogP contribution >= 0.6 is 11.6 Å². The number of carbonyl (C=O) groups is 1. The van der Waals surface area contributed by atoms with Crippen LogP contribution in [0.2, 0.25) is 5.28 Å². The standard InChI is InChI=1S/C8H12ClN5O2/c1-8(2,4(15)16-3)14-7-12-5(9)11-6(10)13-7/h1-3H3,(H3,10,11,12,13,14). The predicted octanol–water partition coefficient (Wildman–Crippen LogP) is 0.471. The van der Waals surface area contributed by atoms with Crippen LogP contribution in [0, 0.1) is 0 Å². The van der Waals surface area contributed by atoms with Crippen LogP contribution < -0.4 is 11.1 Å². The number of halogens is 1. The molecule has 8 heteroatoms. The number of nitrogens with two attached hydrogens (primary N) is 1. The first-order valence-electron chi connectivity index (χ1n) is 4.39. The van der Waals surface area contributed by atoms with Crippen LogP contribution in [0.5, 0.6) is 0 Å². The summed E-state index contributed by atoms with van der Waals surface area (Å²) < 4.78 is 4.61. The molecule has 0 unspecified atom stereocenters. The highest BCUT2D eigenvalue weighted by Gasteiger charge is 2.29. The Kier molecular flexibility index (Phi) is 3.48. The molecule has 0 saturated carbocycles. The fourth-order valence-corrected chi connectivity index (χ4v) is 1.17. The van der Waals surface area contributed by atoms with Gasteiger partial charge in [-0.05, 0) is 25.4 Å². The zero-order chi connectivity index (χ0) is 12.3. The maximum Gasteiger partial charge on any atom is 0.330 e. The topological polar surface area (TPSA) is 103 Å². The molecule has 0 aliphatic rings. The van der Waals surface area contributed by atoms with Crippen molar-refractivity contribution in [2.24, 2.45) is 0 Å². The molecule has 88 valence electrons. The van der Waals surface area contributed by atoms with Gasteiger partial charge in [-0.1, -0.05) is 0 Å². The lowest BCUT2D eigenvalue weighted by Gasteiger charge is -2.22. The molecule has 0 radical (unpaired) electrons. The van der Waals surface area contributed by atoms with Crippen molar-refractivity contribution in [2.75, 3.05) is 18.2 Å². The van der Waals surface area contributed by atoms with Crippen LogP contribution in [0.4, 0.5) is 11.9 Å². The van der Waals surface area contributed by atoms with E-state index in [4.69, 9.17) is 17.3 Å². The second-order valence-corrected chi connectivity index (χ2v) is 3.87. The molecule has 0 saturated heterocycles. The minimum atomic E-state index is -0.980. The molecule has 1 aromatic heterocycles. The number of anilines is 2. The largest absolute Gasteiger partial charge is 0.467 e. The number of aromatic nitrogens is 3. The summed E-state index contributed by atoms with van der Waals surface area (Å²) in [5, 5.41) is 2.70. The Bertz CT molecular complexity index is 389. The van der Waals surface area contributed by atoms with Crippen LogP contribution in [-0.2, 0) is 9.53 Å². The third kappa shape index (κ3) is 2.93. The molecule has 1 aromatic rings. The summed E-state index contributed by atoms with van der Waals surface area (Å²) in [6.45, 7) is 3.24. The molecule has 0 aromatic carbocycles. The Balaban J connectivity index is 2.91. The lowest BCUT2D eigenvalue weighted by atomic mass is 10.1. The van der Waals surface area contributed by atoms with Crippen LogP contribution in [0.3, 0.4) is 0 Å². The monoisotopic (exact) mass is 245 g/mol. The highest BCUT2D eigenvalue weighted by Crippen LogP contribution is 2.14. The molecule has 1 heterocycles. The number of nitrogens with zero attached hydrogens (tertiary/aromatic N) is 3. The first kappa shape index (κ1) is 12.4. The number of nitrogen functional groups attached to an aromatic ring is 1. The van der Waals surface area contributed by atoms with E-state index in [0.29, 0.717) is 0 Å². The number of esters is 1. The summed E-state index contributed by atoms with van der Waals surface area (Å²) >= 11 is 5.59. The van der Waals surface area contributed by atoms with E-state index in [-0.39, 0.29) is 17.2 Å². The van der Waals surface area contributed by atoms with Gasteiger partial charge in [0.05, 0.1) is 7.11 Å². The zero-order valence-electron chi connectivity index (χ0n) is 9.11. The highest BCUT2D eigenvalue weighted by molar-refractivity contribution is 6.28. The second-order valence-electron chi connectivity index (χ2n) is 3.53. The Morgan fingerprint density at radius 2 is 2.06 bits per heavy atom. The van der Waals surface area contributed by atoms with Crippen molar-refractivity contribution in [2.45, 2.75) is 19.4 Å². The molecule has 0 bridgehead atoms. The van der Waals surface area contributed by atoms with Crippen molar-refractivity contribution in [3.63, 3.8) is 0 Å². The smallest absolute Gasteiger partial charge is 0.330 e. The SMILES string of the molecule is COC(=O)C(C)(C)Nc1nc(N)nc(Cl)n1. The van der Waals surface area contributed by atoms with Crippen molar-refractivity contribution in [3.05, 3.63) is 5.28 Å². The van der Waals surface area contributed by atoms with Gasteiger partial charge in [-0.15, -0.1) is 0 Å². The summed E-state index contributed by atoms with van der Waals surface area (Å²) in [7, 11) is 1.29. The molecule has 1 rings (SSSR count). The lowest BCUT2D eigenvalue weighted by Crippen LogP contribution is -2.41. The molecule has 3 N–H and O–H groups in total. The van der Waals surface area contributed by atoms with Gasteiger partial charge < -0.3 is 15.8 Å². The Morgan fingerprint density at radius 3 is 2.56 bits per heavy atom. The van der Waals surface area contributed by atoms with Crippen LogP contribution in [0.25, 0.3) is 0 Å². The van der Waals surface area contributed by atoms with E-state index >= 15 is 0 Å². The Hall–Kier alpha value is -1.63. The second kappa shape index (κ2) is 4.48. The number of hydrogen-bond acceptors (Lipinski definition) is 7. The summed E-state index contributed by atoms with van der Waals surface area (Å²) in [4.78, 5) is 22.6. The predicted molar refractivity (Wildman–Crippen MR) is 59.0 cm³/mol. The van der Waals surface area contributed by atoms with Gasteiger partial charge in [0.15, 0.2) is 0 Å². The van der Waals surface area contributed by atoms with E-state index in [0.717, 1.165) is 0 Å². The first-order valence-corrected chi connectivity index (χ1v) is 4.76. The molecule has 0 aliphatic heterocycles. The van der Waals surface area contributed by atoms with E-state index in [1.807, 2.05) is 0 Å². The summed E-state index contributed by atoms with van der Waals surface area (Å²) in [5.74, 6) is -0.362. The number of carbonyl (C=O) groups excluding carboxylic acids is 1. The van der Waals surface area contributed by atoms with E-state index in [1.54, 1.807) is 13.8 Å². The normalized spacial score (nSPS) is 11.0. The van der Waals surface area contributed by atoms with E-state index in [9.17, 15) is 4.79 Å². The number of rotatable bonds is 3. The molecule has 16 heavy (non-hydrogen) atoms. The third-order valence-electron chi connectivity index (χ3n) is 1.75. The van der Waals surface area contributed by atoms with Crippen LogP contribution in [0.1, 0.15) is 13.8 Å². The molecule has 0 atom stereocenters. The molecule has 7 nitrogen and oxygen atoms in total. The maximum absolute atomic E-state index is 11.4. The van der Waals surface area contributed by atoms with Crippen molar-refractivity contribution < 1.29 is 9.53 Å². The van der Waals surface area contributed by atoms with E-state index < -0.39 is 11.5 Å². The third-order valence-corrected chi connectivity index (χ3v) is 1.91. The molecule has 0 spiro atoms. The van der Waals surface area contributed by atoms with Gasteiger partial charge in [0, 0.05) is 0 Å². The van der Waals surface area contributed by atoms with Gasteiger partial charge >= 0.3 is 5.97 Å². The minimum Gasteiger partial charge on any atom is -0.467 e. The summed E-state index contributed by atoms with van der Waals surface area (Å²) in [6, 6.07) is 0. The van der Waals surface area contributed by atoms with Crippen molar-refractivity contribution in [3.8, 4) is 0 Å². The van der Waals surface area contributed by atoms with Gasteiger partial charge in [-0.3, -0.25) is 0 Å². The molecule has 0 amide bonds. The van der Waals surface area contributed by atoms with Crippen LogP contribution in [0.15, 0.2) is 0 Å². The highest BCUT2D eigenvalue weighted by atomic mass is 35.5. The molecule has 0 fully saturated rings. The quantitative estimate of drug-likeness (QED) is 0.746. The maximum atomic E-state index is 11.4. The molecular formula is C8H12ClN5O2. The van der Waals surface area contributed by atoms with Gasteiger partial charge in [0.2, 0.25) is 17.2 Å². The van der Waals surface area contributed by atoms with E-state index in [2.05, 4.69) is 25.0 Å². The fraction of sp³-hybridized carbons (Fsp3) is 0.500. The Morgan fingerprint density at radius 1 is 1.44 bits per heavy atom. The zero-order valence-corrected chi connectivity index (χ0v) is 9.87. The lowest BCUT2D eigenvalue weighted by molar-refractivity contribution is -0.144. The van der Waals surface area contributed by atoms with Gasteiger partial charge in [-0.2, -0.15) is 15.0 Å². The Labute approximate surface area is 97.4 Å². The van der Waals surface area contributed by atoms with Crippen molar-refractivity contribution in [1.82, 2.24) is 15.0 Å². The summed E-state index contributed by atoms with van der Waals surface area (Å²) in [6.07, 6.45) is 0. The first-order chi connectivity index (χ1) is 7.35. The number of nitrogens with one attached hydrogen (secondary N) is 1. The average molecular weight is 246 g/mol. The summed E-state index contributed by atoms with van der Waals surface area (Å²) in [5.41, 5.74) is 4.40.